The van der Waals surface area contributed by atoms with Crippen molar-refractivity contribution in [2.75, 3.05) is 6.26 Å². The molecule has 0 bridgehead atoms. The minimum absolute atomic E-state index is 1.20. The molecule has 0 spiro atoms. The molecule has 0 aliphatic rings. The van der Waals surface area contributed by atoms with Gasteiger partial charge in [-0.05, 0) is 37.4 Å². The largest absolute Gasteiger partial charge is 0.354 e. The molecule has 0 aliphatic carbocycles. The van der Waals surface area contributed by atoms with E-state index >= 15 is 0 Å². The van der Waals surface area contributed by atoms with Crippen LogP contribution < -0.4 is 0 Å². The van der Waals surface area contributed by atoms with Crippen LogP contribution in [0.15, 0.2) is 53.4 Å². The lowest BCUT2D eigenvalue weighted by molar-refractivity contribution is 1.34. The Morgan fingerprint density at radius 1 is 1.00 bits per heavy atom. The summed E-state index contributed by atoms with van der Waals surface area (Å²) in [4.78, 5) is 4.81. The Labute approximate surface area is 111 Å². The molecule has 0 atom stereocenters. The van der Waals surface area contributed by atoms with Gasteiger partial charge in [0.1, 0.15) is 0 Å². The van der Waals surface area contributed by atoms with E-state index < -0.39 is 0 Å². The average molecular weight is 253 g/mol. The summed E-state index contributed by atoms with van der Waals surface area (Å²) in [6.45, 7) is 2.14. The monoisotopic (exact) mass is 253 g/mol. The van der Waals surface area contributed by atoms with Gasteiger partial charge in [0.05, 0.1) is 0 Å². The van der Waals surface area contributed by atoms with Gasteiger partial charge in [0.25, 0.3) is 0 Å². The fourth-order valence-electron chi connectivity index (χ4n) is 2.25. The predicted molar refractivity (Wildman–Crippen MR) is 80.3 cm³/mol. The summed E-state index contributed by atoms with van der Waals surface area (Å²) in [5, 5.41) is 1.26. The van der Waals surface area contributed by atoms with Crippen LogP contribution in [0.1, 0.15) is 5.56 Å². The summed E-state index contributed by atoms with van der Waals surface area (Å²) in [5.41, 5.74) is 4.98. The second-order valence-electron chi connectivity index (χ2n) is 4.47. The number of hydrogen-bond acceptors (Lipinski definition) is 1. The lowest BCUT2D eigenvalue weighted by atomic mass is 10.1. The molecule has 0 radical (unpaired) electrons. The Morgan fingerprint density at radius 2 is 1.83 bits per heavy atom. The fraction of sp³-hybridized carbons (Fsp3) is 0.125. The highest BCUT2D eigenvalue weighted by Gasteiger charge is 2.07. The second-order valence-corrected chi connectivity index (χ2v) is 5.32. The summed E-state index contributed by atoms with van der Waals surface area (Å²) < 4.78 is 0. The van der Waals surface area contributed by atoms with Gasteiger partial charge in [-0.3, -0.25) is 0 Å². The molecule has 0 saturated heterocycles. The Kier molecular flexibility index (Phi) is 2.88. The molecule has 1 nitrogen and oxygen atoms in total. The third-order valence-corrected chi connectivity index (χ3v) is 3.97. The van der Waals surface area contributed by atoms with Crippen LogP contribution in [0.3, 0.4) is 0 Å². The molecular weight excluding hydrogens is 238 g/mol. The topological polar surface area (TPSA) is 15.8 Å². The quantitative estimate of drug-likeness (QED) is 0.644. The van der Waals surface area contributed by atoms with Crippen molar-refractivity contribution < 1.29 is 0 Å². The van der Waals surface area contributed by atoms with Crippen LogP contribution in [-0.4, -0.2) is 11.2 Å². The lowest BCUT2D eigenvalue weighted by Gasteiger charge is -2.06. The zero-order valence-electron chi connectivity index (χ0n) is 10.5. The summed E-state index contributed by atoms with van der Waals surface area (Å²) in [7, 11) is 0. The number of thioether (sulfide) groups is 1. The van der Waals surface area contributed by atoms with Gasteiger partial charge in [-0.25, -0.2) is 0 Å². The zero-order chi connectivity index (χ0) is 12.5. The van der Waals surface area contributed by atoms with E-state index in [0.717, 1.165) is 0 Å². The molecule has 0 amide bonds. The first-order chi connectivity index (χ1) is 8.78. The van der Waals surface area contributed by atoms with E-state index in [1.165, 1.54) is 32.6 Å². The molecule has 1 N–H and O–H groups in total. The van der Waals surface area contributed by atoms with Crippen molar-refractivity contribution in [1.82, 2.24) is 4.98 Å². The zero-order valence-corrected chi connectivity index (χ0v) is 11.3. The molecule has 3 rings (SSSR count). The maximum atomic E-state index is 3.50. The minimum Gasteiger partial charge on any atom is -0.354 e. The van der Waals surface area contributed by atoms with E-state index in [1.807, 2.05) is 0 Å². The number of para-hydroxylation sites is 1. The Balaban J connectivity index is 2.22. The van der Waals surface area contributed by atoms with Crippen molar-refractivity contribution in [2.24, 2.45) is 0 Å². The van der Waals surface area contributed by atoms with Gasteiger partial charge in [-0.2, -0.15) is 0 Å². The van der Waals surface area contributed by atoms with Crippen LogP contribution >= 0.6 is 11.8 Å². The molecule has 0 saturated carbocycles. The van der Waals surface area contributed by atoms with Crippen molar-refractivity contribution in [3.63, 3.8) is 0 Å². The van der Waals surface area contributed by atoms with Crippen molar-refractivity contribution in [1.29, 1.82) is 0 Å². The number of aromatic amines is 1. The molecule has 3 aromatic rings. The first-order valence-corrected chi connectivity index (χ1v) is 7.23. The second kappa shape index (κ2) is 4.54. The average Bonchev–Trinajstić information content (AvgIpc) is 2.82. The number of rotatable bonds is 2. The van der Waals surface area contributed by atoms with Crippen molar-refractivity contribution in [3.05, 3.63) is 54.1 Å². The van der Waals surface area contributed by atoms with Gasteiger partial charge in [0.2, 0.25) is 0 Å². The molecule has 2 heteroatoms. The number of nitrogens with one attached hydrogen (secondary N) is 1. The first kappa shape index (κ1) is 11.4. The number of hydrogen-bond donors (Lipinski definition) is 1. The van der Waals surface area contributed by atoms with E-state index in [4.69, 9.17) is 0 Å². The van der Waals surface area contributed by atoms with Crippen molar-refractivity contribution in [2.45, 2.75) is 11.8 Å². The van der Waals surface area contributed by atoms with Crippen LogP contribution in [0.5, 0.6) is 0 Å². The lowest BCUT2D eigenvalue weighted by Crippen LogP contribution is -1.83. The van der Waals surface area contributed by atoms with E-state index in [1.54, 1.807) is 11.8 Å². The van der Waals surface area contributed by atoms with Crippen molar-refractivity contribution in [3.8, 4) is 11.3 Å². The molecule has 1 aromatic heterocycles. The van der Waals surface area contributed by atoms with Crippen LogP contribution in [0.4, 0.5) is 0 Å². The fourth-order valence-corrected chi connectivity index (χ4v) is 2.84. The van der Waals surface area contributed by atoms with Crippen LogP contribution in [-0.2, 0) is 0 Å². The molecule has 2 aromatic carbocycles. The molecule has 18 heavy (non-hydrogen) atoms. The standard InChI is InChI=1S/C16H15NS/c1-11-7-8-16(18-2)13(9-11)15-10-12-5-3-4-6-14(12)17-15/h3-10,17H,1-2H3. The predicted octanol–water partition coefficient (Wildman–Crippen LogP) is 4.87. The van der Waals surface area contributed by atoms with E-state index in [-0.39, 0.29) is 0 Å². The molecule has 0 aliphatic heterocycles. The maximum absolute atomic E-state index is 3.50. The first-order valence-electron chi connectivity index (χ1n) is 6.01. The Morgan fingerprint density at radius 3 is 2.61 bits per heavy atom. The molecule has 0 unspecified atom stereocenters. The molecule has 90 valence electrons. The summed E-state index contributed by atoms with van der Waals surface area (Å²) in [6, 6.07) is 17.2. The molecular formula is C16H15NS. The van der Waals surface area contributed by atoms with Gasteiger partial charge in [-0.1, -0.05) is 29.8 Å². The normalized spacial score (nSPS) is 11.0. The number of H-pyrrole nitrogens is 1. The molecule has 1 heterocycles. The number of aromatic nitrogens is 1. The van der Waals surface area contributed by atoms with E-state index in [9.17, 15) is 0 Å². The SMILES string of the molecule is CSc1ccc(C)cc1-c1cc2ccccc2[nH]1. The van der Waals surface area contributed by atoms with E-state index in [0.29, 0.717) is 0 Å². The molecule has 0 fully saturated rings. The van der Waals surface area contributed by atoms with Crippen molar-refractivity contribution >= 4 is 22.7 Å². The third-order valence-electron chi connectivity index (χ3n) is 3.18. The summed E-state index contributed by atoms with van der Waals surface area (Å²) >= 11 is 1.79. The Hall–Kier alpha value is -1.67. The van der Waals surface area contributed by atoms with Gasteiger partial charge in [0, 0.05) is 27.1 Å². The van der Waals surface area contributed by atoms with Gasteiger partial charge in [0.15, 0.2) is 0 Å². The third kappa shape index (κ3) is 1.93. The highest BCUT2D eigenvalue weighted by atomic mass is 32.2. The van der Waals surface area contributed by atoms with Gasteiger partial charge >= 0.3 is 0 Å². The van der Waals surface area contributed by atoms with Crippen LogP contribution in [0.2, 0.25) is 0 Å². The van der Waals surface area contributed by atoms with Gasteiger partial charge in [-0.15, -0.1) is 11.8 Å². The number of aryl methyl sites for hydroxylation is 1. The minimum atomic E-state index is 1.20. The van der Waals surface area contributed by atoms with Crippen LogP contribution in [0, 0.1) is 6.92 Å². The highest BCUT2D eigenvalue weighted by molar-refractivity contribution is 7.98. The maximum Gasteiger partial charge on any atom is 0.0476 e. The van der Waals surface area contributed by atoms with Gasteiger partial charge < -0.3 is 4.98 Å². The number of benzene rings is 2. The summed E-state index contributed by atoms with van der Waals surface area (Å²) in [5.74, 6) is 0. The number of fused-ring (bicyclic) bond motifs is 1. The van der Waals surface area contributed by atoms with E-state index in [2.05, 4.69) is 66.7 Å². The smallest absolute Gasteiger partial charge is 0.0476 e. The Bertz CT molecular complexity index is 664. The summed E-state index contributed by atoms with van der Waals surface area (Å²) in [6.07, 6.45) is 2.12. The van der Waals surface area contributed by atoms with Crippen LogP contribution in [0.25, 0.3) is 22.2 Å². The highest BCUT2D eigenvalue weighted by Crippen LogP contribution is 2.32.